The summed E-state index contributed by atoms with van der Waals surface area (Å²) in [6, 6.07) is 2.47. The summed E-state index contributed by atoms with van der Waals surface area (Å²) in [5, 5.41) is 7.84. The maximum atomic E-state index is 5.23. The zero-order valence-corrected chi connectivity index (χ0v) is 10.8. The predicted molar refractivity (Wildman–Crippen MR) is 68.3 cm³/mol. The number of ether oxygens (including phenoxy) is 1. The molecule has 0 amide bonds. The Kier molecular flexibility index (Phi) is 2.50. The van der Waals surface area contributed by atoms with E-state index in [9.17, 15) is 0 Å². The normalized spacial score (nSPS) is 14.8. The molecule has 96 valence electrons. The van der Waals surface area contributed by atoms with E-state index >= 15 is 0 Å². The van der Waals surface area contributed by atoms with Crippen LogP contribution in [0.2, 0.25) is 0 Å². The summed E-state index contributed by atoms with van der Waals surface area (Å²) in [6.07, 6.45) is 4.42. The molecule has 2 aromatic heterocycles. The molecule has 1 aliphatic carbocycles. The van der Waals surface area contributed by atoms with Gasteiger partial charge in [0.2, 0.25) is 11.8 Å². The van der Waals surface area contributed by atoms with Gasteiger partial charge in [0, 0.05) is 25.4 Å². The first-order chi connectivity index (χ1) is 8.67. The molecule has 6 nitrogen and oxygen atoms in total. The van der Waals surface area contributed by atoms with Gasteiger partial charge >= 0.3 is 0 Å². The minimum Gasteiger partial charge on any atom is -0.481 e. The van der Waals surface area contributed by atoms with Crippen molar-refractivity contribution < 1.29 is 4.74 Å². The van der Waals surface area contributed by atoms with Gasteiger partial charge in [-0.1, -0.05) is 0 Å². The van der Waals surface area contributed by atoms with Gasteiger partial charge in [0.1, 0.15) is 0 Å². The van der Waals surface area contributed by atoms with Crippen molar-refractivity contribution in [3.8, 4) is 11.7 Å². The molecule has 2 aromatic rings. The van der Waals surface area contributed by atoms with Crippen molar-refractivity contribution in [2.45, 2.75) is 25.8 Å². The van der Waals surface area contributed by atoms with Crippen molar-refractivity contribution in [1.29, 1.82) is 0 Å². The number of aryl methyl sites for hydroxylation is 2. The van der Waals surface area contributed by atoms with Crippen LogP contribution >= 0.6 is 0 Å². The van der Waals surface area contributed by atoms with Crippen LogP contribution in [0.1, 0.15) is 18.5 Å². The zero-order valence-electron chi connectivity index (χ0n) is 10.8. The number of rotatable bonds is 4. The molecule has 3 rings (SSSR count). The number of hydrogen-bond donors (Lipinski definition) is 1. The number of nitrogens with zero attached hydrogens (tertiary/aromatic N) is 4. The lowest BCUT2D eigenvalue weighted by atomic mass is 10.5. The Hall–Kier alpha value is -1.98. The molecule has 0 radical (unpaired) electrons. The lowest BCUT2D eigenvalue weighted by Gasteiger charge is -2.05. The van der Waals surface area contributed by atoms with Crippen LogP contribution in [0.5, 0.6) is 5.88 Å². The first-order valence-electron chi connectivity index (χ1n) is 6.08. The summed E-state index contributed by atoms with van der Waals surface area (Å²) in [5.41, 5.74) is 0.975. The molecule has 1 N–H and O–H groups in total. The second-order valence-electron chi connectivity index (χ2n) is 4.66. The Morgan fingerprint density at radius 2 is 2.22 bits per heavy atom. The van der Waals surface area contributed by atoms with Crippen LogP contribution in [0.15, 0.2) is 12.3 Å². The predicted octanol–water partition coefficient (Wildman–Crippen LogP) is 1.50. The first kappa shape index (κ1) is 11.1. The SMILES string of the molecule is COc1cc(-n2cc(C)nc2NC2CC2)nn1C. The topological polar surface area (TPSA) is 56.9 Å². The molecule has 1 aliphatic rings. The summed E-state index contributed by atoms with van der Waals surface area (Å²) in [5.74, 6) is 2.41. The van der Waals surface area contributed by atoms with Crippen LogP contribution in [-0.2, 0) is 7.05 Å². The van der Waals surface area contributed by atoms with Gasteiger partial charge in [-0.3, -0.25) is 4.57 Å². The molecule has 0 unspecified atom stereocenters. The largest absolute Gasteiger partial charge is 0.481 e. The summed E-state index contributed by atoms with van der Waals surface area (Å²) in [4.78, 5) is 4.49. The highest BCUT2D eigenvalue weighted by atomic mass is 16.5. The van der Waals surface area contributed by atoms with Crippen LogP contribution in [0.4, 0.5) is 5.95 Å². The Morgan fingerprint density at radius 3 is 2.83 bits per heavy atom. The van der Waals surface area contributed by atoms with Gasteiger partial charge in [-0.2, -0.15) is 5.10 Å². The smallest absolute Gasteiger partial charge is 0.213 e. The summed E-state index contributed by atoms with van der Waals surface area (Å²) >= 11 is 0. The van der Waals surface area contributed by atoms with E-state index in [-0.39, 0.29) is 0 Å². The molecule has 6 heteroatoms. The zero-order chi connectivity index (χ0) is 12.7. The Balaban J connectivity index is 1.98. The fraction of sp³-hybridized carbons (Fsp3) is 0.500. The molecule has 0 spiro atoms. The Morgan fingerprint density at radius 1 is 1.44 bits per heavy atom. The standard InChI is InChI=1S/C12H17N5O/c1-8-7-17(12(13-8)14-9-4-5-9)10-6-11(18-3)16(2)15-10/h6-7,9H,4-5H2,1-3H3,(H,13,14). The Labute approximate surface area is 106 Å². The van der Waals surface area contributed by atoms with Crippen molar-refractivity contribution in [3.63, 3.8) is 0 Å². The van der Waals surface area contributed by atoms with Crippen LogP contribution in [0, 0.1) is 6.92 Å². The highest BCUT2D eigenvalue weighted by molar-refractivity contribution is 5.42. The van der Waals surface area contributed by atoms with Gasteiger partial charge < -0.3 is 10.1 Å². The highest BCUT2D eigenvalue weighted by Gasteiger charge is 2.24. The van der Waals surface area contributed by atoms with Gasteiger partial charge in [0.15, 0.2) is 5.82 Å². The van der Waals surface area contributed by atoms with E-state index in [2.05, 4.69) is 15.4 Å². The third-order valence-electron chi connectivity index (χ3n) is 3.02. The number of hydrogen-bond acceptors (Lipinski definition) is 4. The second-order valence-corrected chi connectivity index (χ2v) is 4.66. The van der Waals surface area contributed by atoms with E-state index in [4.69, 9.17) is 4.74 Å². The molecule has 1 saturated carbocycles. The maximum Gasteiger partial charge on any atom is 0.213 e. The van der Waals surface area contributed by atoms with Crippen LogP contribution < -0.4 is 10.1 Å². The minimum atomic E-state index is 0.566. The van der Waals surface area contributed by atoms with Crippen LogP contribution in [0.25, 0.3) is 5.82 Å². The molecule has 18 heavy (non-hydrogen) atoms. The van der Waals surface area contributed by atoms with E-state index in [1.807, 2.05) is 30.8 Å². The molecule has 0 saturated heterocycles. The summed E-state index contributed by atoms with van der Waals surface area (Å²) in [6.45, 7) is 1.98. The quantitative estimate of drug-likeness (QED) is 0.889. The average molecular weight is 247 g/mol. The van der Waals surface area contributed by atoms with Gasteiger partial charge in [-0.05, 0) is 19.8 Å². The third-order valence-corrected chi connectivity index (χ3v) is 3.02. The van der Waals surface area contributed by atoms with E-state index in [1.54, 1.807) is 11.8 Å². The molecule has 0 aromatic carbocycles. The fourth-order valence-corrected chi connectivity index (χ4v) is 1.93. The highest BCUT2D eigenvalue weighted by Crippen LogP contribution is 2.26. The minimum absolute atomic E-state index is 0.566. The van der Waals surface area contributed by atoms with Crippen LogP contribution in [0.3, 0.4) is 0 Å². The summed E-state index contributed by atoms with van der Waals surface area (Å²) in [7, 11) is 3.50. The van der Waals surface area contributed by atoms with Crippen molar-refractivity contribution in [1.82, 2.24) is 19.3 Å². The van der Waals surface area contributed by atoms with E-state index in [0.29, 0.717) is 6.04 Å². The summed E-state index contributed by atoms with van der Waals surface area (Å²) < 4.78 is 8.92. The van der Waals surface area contributed by atoms with Gasteiger partial charge in [-0.25, -0.2) is 9.67 Å². The molecule has 0 bridgehead atoms. The Bertz CT molecular complexity index is 567. The van der Waals surface area contributed by atoms with Gasteiger partial charge in [0.05, 0.1) is 12.8 Å². The number of nitrogens with one attached hydrogen (secondary N) is 1. The maximum absolute atomic E-state index is 5.23. The molecular weight excluding hydrogens is 230 g/mol. The molecular formula is C12H17N5O. The lowest BCUT2D eigenvalue weighted by Crippen LogP contribution is -2.08. The number of aromatic nitrogens is 4. The molecule has 0 atom stereocenters. The number of methoxy groups -OCH3 is 1. The van der Waals surface area contributed by atoms with Crippen molar-refractivity contribution in [2.24, 2.45) is 7.05 Å². The fourth-order valence-electron chi connectivity index (χ4n) is 1.93. The second kappa shape index (κ2) is 4.04. The molecule has 0 aliphatic heterocycles. The number of anilines is 1. The van der Waals surface area contributed by atoms with Crippen molar-refractivity contribution in [3.05, 3.63) is 18.0 Å². The first-order valence-corrected chi connectivity index (χ1v) is 6.08. The van der Waals surface area contributed by atoms with Crippen LogP contribution in [-0.4, -0.2) is 32.5 Å². The van der Waals surface area contributed by atoms with Crippen molar-refractivity contribution >= 4 is 5.95 Å². The number of imidazole rings is 1. The van der Waals surface area contributed by atoms with Gasteiger partial charge in [0.25, 0.3) is 0 Å². The lowest BCUT2D eigenvalue weighted by molar-refractivity contribution is 0.373. The van der Waals surface area contributed by atoms with E-state index in [1.165, 1.54) is 12.8 Å². The van der Waals surface area contributed by atoms with E-state index < -0.39 is 0 Å². The molecule has 2 heterocycles. The monoisotopic (exact) mass is 247 g/mol. The molecule has 1 fully saturated rings. The average Bonchev–Trinajstić information content (AvgIpc) is 2.95. The van der Waals surface area contributed by atoms with E-state index in [0.717, 1.165) is 23.3 Å². The van der Waals surface area contributed by atoms with Crippen molar-refractivity contribution in [2.75, 3.05) is 12.4 Å². The third kappa shape index (κ3) is 1.94. The van der Waals surface area contributed by atoms with Gasteiger partial charge in [-0.15, -0.1) is 0 Å².